The van der Waals surface area contributed by atoms with Gasteiger partial charge in [0.2, 0.25) is 5.91 Å². The van der Waals surface area contributed by atoms with Gasteiger partial charge in [-0.05, 0) is 79.7 Å². The second-order valence-electron chi connectivity index (χ2n) is 9.29. The monoisotopic (exact) mass is 525 g/mol. The fourth-order valence-corrected chi connectivity index (χ4v) is 5.71. The van der Waals surface area contributed by atoms with Crippen LogP contribution in [0.5, 0.6) is 0 Å². The molecule has 0 unspecified atom stereocenters. The Morgan fingerprint density at radius 3 is 2.32 bits per heavy atom. The number of aryl methyl sites for hydroxylation is 1. The van der Waals surface area contributed by atoms with Crippen molar-refractivity contribution in [2.45, 2.75) is 13.8 Å². The number of amides is 3. The Morgan fingerprint density at radius 2 is 1.66 bits per heavy atom. The Bertz CT molecular complexity index is 1460. The van der Waals surface area contributed by atoms with Gasteiger partial charge in [0.15, 0.2) is 0 Å². The first kappa shape index (κ1) is 25.4. The minimum atomic E-state index is -0.445. The summed E-state index contributed by atoms with van der Waals surface area (Å²) in [5.41, 5.74) is 5.30. The van der Waals surface area contributed by atoms with Crippen molar-refractivity contribution in [1.82, 2.24) is 14.4 Å². The lowest BCUT2D eigenvalue weighted by molar-refractivity contribution is -0.136. The first-order valence-corrected chi connectivity index (χ1v) is 13.2. The van der Waals surface area contributed by atoms with Gasteiger partial charge in [-0.15, -0.1) is 0 Å². The molecular weight excluding hydrogens is 498 g/mol. The second-order valence-corrected chi connectivity index (χ2v) is 10.3. The summed E-state index contributed by atoms with van der Waals surface area (Å²) in [5.74, 6) is -0.667. The van der Waals surface area contributed by atoms with Crippen molar-refractivity contribution >= 4 is 40.6 Å². The fraction of sp³-hybridized carbons (Fsp3) is 0.241. The standard InChI is InChI=1S/C29H27N5O3S/c1-20-16-23(21(2)34(20)25-10-8-22(18-30)9-11-25)17-26-28(36)33(29(37)38-26)19-27(35)32-14-12-31(13-15-32)24-6-4-3-5-7-24/h3-11,16-17H,12-15,19H2,1-2H3/b26-17-. The number of thioether (sulfide) groups is 1. The Labute approximate surface area is 225 Å². The number of carbonyl (C=O) groups is 3. The van der Waals surface area contributed by atoms with Crippen LogP contribution in [0.3, 0.4) is 0 Å². The minimum absolute atomic E-state index is 0.222. The van der Waals surface area contributed by atoms with Gasteiger partial charge < -0.3 is 14.4 Å². The average Bonchev–Trinajstić information content (AvgIpc) is 3.37. The molecule has 0 bridgehead atoms. The van der Waals surface area contributed by atoms with Gasteiger partial charge in [0, 0.05) is 48.9 Å². The van der Waals surface area contributed by atoms with E-state index in [1.165, 1.54) is 0 Å². The van der Waals surface area contributed by atoms with Crippen molar-refractivity contribution in [3.05, 3.63) is 88.1 Å². The van der Waals surface area contributed by atoms with E-state index in [0.29, 0.717) is 36.6 Å². The summed E-state index contributed by atoms with van der Waals surface area (Å²) in [4.78, 5) is 44.1. The molecule has 0 radical (unpaired) electrons. The van der Waals surface area contributed by atoms with Crippen LogP contribution < -0.4 is 4.90 Å². The van der Waals surface area contributed by atoms with E-state index in [-0.39, 0.29) is 12.5 Å². The maximum Gasteiger partial charge on any atom is 0.294 e. The molecule has 0 spiro atoms. The molecule has 1 aromatic heterocycles. The van der Waals surface area contributed by atoms with Gasteiger partial charge in [-0.3, -0.25) is 19.3 Å². The van der Waals surface area contributed by atoms with Crippen molar-refractivity contribution in [3.8, 4) is 11.8 Å². The van der Waals surface area contributed by atoms with Gasteiger partial charge in [-0.25, -0.2) is 0 Å². The third-order valence-corrected chi connectivity index (χ3v) is 7.84. The van der Waals surface area contributed by atoms with Crippen molar-refractivity contribution in [2.75, 3.05) is 37.6 Å². The molecule has 2 aromatic carbocycles. The minimum Gasteiger partial charge on any atom is -0.368 e. The van der Waals surface area contributed by atoms with Gasteiger partial charge in [0.05, 0.1) is 16.5 Å². The summed E-state index contributed by atoms with van der Waals surface area (Å²) in [6.45, 7) is 6.14. The third kappa shape index (κ3) is 4.95. The van der Waals surface area contributed by atoms with Crippen molar-refractivity contribution < 1.29 is 14.4 Å². The second kappa shape index (κ2) is 10.6. The highest BCUT2D eigenvalue weighted by molar-refractivity contribution is 8.18. The maximum absolute atomic E-state index is 13.1. The van der Waals surface area contributed by atoms with Crippen molar-refractivity contribution in [2.24, 2.45) is 0 Å². The number of nitriles is 1. The molecular formula is C29H27N5O3S. The number of piperazine rings is 1. The van der Waals surface area contributed by atoms with Gasteiger partial charge in [-0.2, -0.15) is 5.26 Å². The highest BCUT2D eigenvalue weighted by atomic mass is 32.2. The fourth-order valence-electron chi connectivity index (χ4n) is 4.88. The van der Waals surface area contributed by atoms with E-state index in [1.54, 1.807) is 23.1 Å². The number of para-hydroxylation sites is 1. The van der Waals surface area contributed by atoms with Crippen LogP contribution in [0.25, 0.3) is 11.8 Å². The molecule has 8 nitrogen and oxygen atoms in total. The Kier molecular flexibility index (Phi) is 7.07. The molecule has 2 aliphatic heterocycles. The highest BCUT2D eigenvalue weighted by Crippen LogP contribution is 2.34. The van der Waals surface area contributed by atoms with Crippen LogP contribution in [-0.4, -0.2) is 64.1 Å². The molecule has 0 atom stereocenters. The number of hydrogen-bond donors (Lipinski definition) is 0. The summed E-state index contributed by atoms with van der Waals surface area (Å²) in [5, 5.41) is 8.63. The predicted molar refractivity (Wildman–Crippen MR) is 148 cm³/mol. The lowest BCUT2D eigenvalue weighted by Gasteiger charge is -2.36. The summed E-state index contributed by atoms with van der Waals surface area (Å²) in [7, 11) is 0. The maximum atomic E-state index is 13.1. The lowest BCUT2D eigenvalue weighted by Crippen LogP contribution is -2.51. The van der Waals surface area contributed by atoms with E-state index in [2.05, 4.69) is 11.0 Å². The Morgan fingerprint density at radius 1 is 0.974 bits per heavy atom. The molecule has 192 valence electrons. The van der Waals surface area contributed by atoms with Crippen LogP contribution in [0.1, 0.15) is 22.5 Å². The van der Waals surface area contributed by atoms with Crippen molar-refractivity contribution in [1.29, 1.82) is 5.26 Å². The molecule has 5 rings (SSSR count). The summed E-state index contributed by atoms with van der Waals surface area (Å²) >= 11 is 0.862. The van der Waals surface area contributed by atoms with Gasteiger partial charge in [0.25, 0.3) is 11.1 Å². The molecule has 2 saturated heterocycles. The van der Waals surface area contributed by atoms with Crippen LogP contribution in [0.2, 0.25) is 0 Å². The normalized spacial score (nSPS) is 16.9. The molecule has 0 N–H and O–H groups in total. The molecule has 38 heavy (non-hydrogen) atoms. The summed E-state index contributed by atoms with van der Waals surface area (Å²) in [6.07, 6.45) is 1.72. The van der Waals surface area contributed by atoms with E-state index in [1.807, 2.05) is 66.9 Å². The van der Waals surface area contributed by atoms with E-state index < -0.39 is 11.1 Å². The molecule has 3 heterocycles. The van der Waals surface area contributed by atoms with Gasteiger partial charge in [-0.1, -0.05) is 18.2 Å². The molecule has 0 saturated carbocycles. The predicted octanol–water partition coefficient (Wildman–Crippen LogP) is 4.35. The van der Waals surface area contributed by atoms with Crippen molar-refractivity contribution in [3.63, 3.8) is 0 Å². The molecule has 9 heteroatoms. The molecule has 3 aromatic rings. The molecule has 2 aliphatic rings. The highest BCUT2D eigenvalue weighted by Gasteiger charge is 2.37. The number of anilines is 1. The zero-order valence-corrected chi connectivity index (χ0v) is 22.1. The first-order chi connectivity index (χ1) is 18.4. The van der Waals surface area contributed by atoms with Crippen LogP contribution in [0, 0.1) is 25.2 Å². The lowest BCUT2D eigenvalue weighted by atomic mass is 10.2. The quantitative estimate of drug-likeness (QED) is 0.460. The van der Waals surface area contributed by atoms with Gasteiger partial charge in [0.1, 0.15) is 6.54 Å². The molecule has 3 amide bonds. The van der Waals surface area contributed by atoms with E-state index in [0.717, 1.165) is 45.0 Å². The van der Waals surface area contributed by atoms with Gasteiger partial charge >= 0.3 is 0 Å². The number of hydrogen-bond acceptors (Lipinski definition) is 6. The summed E-state index contributed by atoms with van der Waals surface area (Å²) in [6, 6.07) is 21.4. The average molecular weight is 526 g/mol. The van der Waals surface area contributed by atoms with E-state index in [4.69, 9.17) is 5.26 Å². The Balaban J connectivity index is 1.26. The zero-order valence-electron chi connectivity index (χ0n) is 21.3. The number of nitrogens with zero attached hydrogens (tertiary/aromatic N) is 5. The smallest absolute Gasteiger partial charge is 0.294 e. The SMILES string of the molecule is Cc1cc(/C=C2\SC(=O)N(CC(=O)N3CCN(c4ccccc4)CC3)C2=O)c(C)n1-c1ccc(C#N)cc1. The number of benzene rings is 2. The summed E-state index contributed by atoms with van der Waals surface area (Å²) < 4.78 is 2.04. The number of rotatable bonds is 5. The first-order valence-electron chi connectivity index (χ1n) is 12.4. The molecule has 2 fully saturated rings. The van der Waals surface area contributed by atoms with Crippen LogP contribution in [0.15, 0.2) is 65.6 Å². The van der Waals surface area contributed by atoms with Crippen LogP contribution in [0.4, 0.5) is 10.5 Å². The topological polar surface area (TPSA) is 89.7 Å². The van der Waals surface area contributed by atoms with Crippen LogP contribution in [-0.2, 0) is 9.59 Å². The number of aromatic nitrogens is 1. The number of carbonyl (C=O) groups excluding carboxylic acids is 3. The van der Waals surface area contributed by atoms with E-state index >= 15 is 0 Å². The Hall–Kier alpha value is -4.29. The van der Waals surface area contributed by atoms with Crippen LogP contribution >= 0.6 is 11.8 Å². The number of imide groups is 1. The zero-order chi connectivity index (χ0) is 26.8. The third-order valence-electron chi connectivity index (χ3n) is 6.93. The largest absolute Gasteiger partial charge is 0.368 e. The van der Waals surface area contributed by atoms with E-state index in [9.17, 15) is 14.4 Å². The molecule has 0 aliphatic carbocycles.